The Hall–Kier alpha value is -6.33. The largest absolute Gasteiger partial charge is 0.444 e. The molecule has 386 valence electrons. The van der Waals surface area contributed by atoms with Gasteiger partial charge in [-0.25, -0.2) is 29.5 Å². The second-order valence-electron chi connectivity index (χ2n) is 23.1. The smallest absolute Gasteiger partial charge is 0.410 e. The third-order valence-electron chi connectivity index (χ3n) is 12.0. The van der Waals surface area contributed by atoms with Crippen LogP contribution >= 0.6 is 0 Å². The van der Waals surface area contributed by atoms with E-state index in [4.69, 9.17) is 24.2 Å². The molecule has 8 rings (SSSR count). The highest BCUT2D eigenvalue weighted by Crippen LogP contribution is 2.36. The Morgan fingerprint density at radius 3 is 1.68 bits per heavy atom. The molecule has 6 aromatic heterocycles. The molecule has 2 fully saturated rings. The first-order chi connectivity index (χ1) is 33.9. The Bertz CT molecular complexity index is 2820. The van der Waals surface area contributed by atoms with Gasteiger partial charge < -0.3 is 47.4 Å². The SMILES string of the molecule is CC(C)(C)OC(=O)N1CC(CC#N)(n2ccc(-c3ncnc4c3ccn4COCC[Si](C)(C)C)c2)C1.CC(C)(C)OC(=O)N1CC(CC#N)C1.C[Si](C)(C)CCOCn1ccc2c(-c3cc[nH]c3)ncnc21. The van der Waals surface area contributed by atoms with Crippen molar-refractivity contribution in [2.45, 2.75) is 136 Å². The Morgan fingerprint density at radius 2 is 1.22 bits per heavy atom. The van der Waals surface area contributed by atoms with Gasteiger partial charge in [-0.3, -0.25) is 0 Å². The van der Waals surface area contributed by atoms with Gasteiger partial charge in [-0.15, -0.1) is 0 Å². The van der Waals surface area contributed by atoms with Gasteiger partial charge in [0.1, 0.15) is 48.6 Å². The van der Waals surface area contributed by atoms with Crippen LogP contribution in [0.15, 0.2) is 74.1 Å². The van der Waals surface area contributed by atoms with Crippen molar-refractivity contribution in [2.24, 2.45) is 5.92 Å². The summed E-state index contributed by atoms with van der Waals surface area (Å²) < 4.78 is 28.5. The molecule has 0 aromatic carbocycles. The molecule has 20 heteroatoms. The summed E-state index contributed by atoms with van der Waals surface area (Å²) in [5, 5.41) is 19.9. The molecule has 72 heavy (non-hydrogen) atoms. The number of carbonyl (C=O) groups is 2. The fourth-order valence-electron chi connectivity index (χ4n) is 8.00. The number of nitriles is 2. The first-order valence-electron chi connectivity index (χ1n) is 24.6. The molecular weight excluding hydrogens is 945 g/mol. The van der Waals surface area contributed by atoms with E-state index in [0.717, 1.165) is 63.8 Å². The molecule has 2 amide bonds. The summed E-state index contributed by atoms with van der Waals surface area (Å²) in [7, 11) is -2.18. The monoisotopic (exact) mass is 1020 g/mol. The van der Waals surface area contributed by atoms with Crippen LogP contribution in [-0.4, -0.2) is 127 Å². The number of nitrogens with zero attached hydrogens (tertiary/aromatic N) is 11. The predicted octanol–water partition coefficient (Wildman–Crippen LogP) is 10.6. The van der Waals surface area contributed by atoms with E-state index in [1.54, 1.807) is 22.5 Å². The number of amides is 2. The van der Waals surface area contributed by atoms with Crippen LogP contribution in [0.5, 0.6) is 0 Å². The van der Waals surface area contributed by atoms with E-state index in [1.165, 1.54) is 6.04 Å². The zero-order valence-corrected chi connectivity index (χ0v) is 46.4. The van der Waals surface area contributed by atoms with Crippen molar-refractivity contribution in [1.82, 2.24) is 48.4 Å². The van der Waals surface area contributed by atoms with Crippen molar-refractivity contribution >= 4 is 50.4 Å². The fourth-order valence-corrected chi connectivity index (χ4v) is 9.51. The standard InChI is InChI=1S/C26H36N6O3Si.C16H22N4OSi.C10H16N2O2/c1-25(2,3)35-24(33)31-16-26(17-31,9-10-27)32-12-7-20(15-32)22-21-8-11-30(23(21)29-18-28-22)19-34-13-14-36(4,5)6;1-22(2,3)9-8-21-12-20-7-5-14-15(13-4-6-17-10-13)18-11-19-16(14)20;1-10(2,3)14-9(13)12-6-8(7-12)4-5-11/h7-8,11-12,15,18H,9,13-14,16-17,19H2,1-6H3;4-7,10-11,17H,8-9,12H2,1-3H3;8H,4,6-7H2,1-3H3. The van der Waals surface area contributed by atoms with Crippen molar-refractivity contribution in [1.29, 1.82) is 10.5 Å². The Kier molecular flexibility index (Phi) is 17.6. The zero-order chi connectivity index (χ0) is 52.5. The van der Waals surface area contributed by atoms with Crippen molar-refractivity contribution in [3.63, 3.8) is 0 Å². The van der Waals surface area contributed by atoms with E-state index in [9.17, 15) is 14.9 Å². The summed E-state index contributed by atoms with van der Waals surface area (Å²) in [6.07, 6.45) is 15.2. The van der Waals surface area contributed by atoms with Crippen LogP contribution in [0.2, 0.25) is 51.4 Å². The minimum Gasteiger partial charge on any atom is -0.444 e. The lowest BCUT2D eigenvalue weighted by Gasteiger charge is -2.49. The number of nitrogens with one attached hydrogen (secondary N) is 1. The molecule has 0 saturated carbocycles. The number of aromatic nitrogens is 8. The number of ether oxygens (including phenoxy) is 4. The first-order valence-corrected chi connectivity index (χ1v) is 32.1. The van der Waals surface area contributed by atoms with Crippen molar-refractivity contribution in [3.05, 3.63) is 74.1 Å². The molecule has 0 unspecified atom stereocenters. The second-order valence-corrected chi connectivity index (χ2v) is 34.3. The van der Waals surface area contributed by atoms with Gasteiger partial charge >= 0.3 is 12.2 Å². The molecule has 6 aromatic rings. The summed E-state index contributed by atoms with van der Waals surface area (Å²) in [4.78, 5) is 48.1. The van der Waals surface area contributed by atoms with E-state index in [1.807, 2.05) is 111 Å². The van der Waals surface area contributed by atoms with Crippen LogP contribution < -0.4 is 0 Å². The summed E-state index contributed by atoms with van der Waals surface area (Å²) in [6.45, 7) is 29.9. The zero-order valence-electron chi connectivity index (χ0n) is 44.4. The van der Waals surface area contributed by atoms with Crippen molar-refractivity contribution in [3.8, 4) is 34.7 Å². The van der Waals surface area contributed by atoms with Gasteiger partial charge in [0.15, 0.2) is 0 Å². The topological polar surface area (TPSA) is 207 Å². The van der Waals surface area contributed by atoms with Gasteiger partial charge in [0.2, 0.25) is 0 Å². The van der Waals surface area contributed by atoms with Crippen LogP contribution in [0.3, 0.4) is 0 Å². The molecule has 2 aliphatic rings. The van der Waals surface area contributed by atoms with Gasteiger partial charge in [-0.05, 0) is 77.9 Å². The van der Waals surface area contributed by atoms with Crippen LogP contribution in [0.1, 0.15) is 54.4 Å². The molecule has 0 atom stereocenters. The normalized spacial score (nSPS) is 14.8. The number of likely N-dealkylation sites (tertiary alicyclic amines) is 2. The highest BCUT2D eigenvalue weighted by molar-refractivity contribution is 6.76. The van der Waals surface area contributed by atoms with Gasteiger partial charge in [0.25, 0.3) is 0 Å². The quantitative estimate of drug-likeness (QED) is 0.0753. The minimum absolute atomic E-state index is 0.272. The van der Waals surface area contributed by atoms with Gasteiger partial charge in [-0.2, -0.15) is 10.5 Å². The Balaban J connectivity index is 0.000000199. The predicted molar refractivity (Wildman–Crippen MR) is 284 cm³/mol. The van der Waals surface area contributed by atoms with E-state index >= 15 is 0 Å². The summed E-state index contributed by atoms with van der Waals surface area (Å²) >= 11 is 0. The summed E-state index contributed by atoms with van der Waals surface area (Å²) in [5.41, 5.74) is 4.06. The van der Waals surface area contributed by atoms with Crippen LogP contribution in [0, 0.1) is 28.6 Å². The second kappa shape index (κ2) is 23.0. The minimum atomic E-state index is -1.14. The highest BCUT2D eigenvalue weighted by Gasteiger charge is 2.48. The molecule has 18 nitrogen and oxygen atoms in total. The van der Waals surface area contributed by atoms with Crippen molar-refractivity contribution in [2.75, 3.05) is 39.4 Å². The molecule has 0 radical (unpaired) electrons. The molecular formula is C52H74N12O6Si2. The molecule has 8 heterocycles. The van der Waals surface area contributed by atoms with Crippen LogP contribution in [-0.2, 0) is 37.9 Å². The number of aromatic amines is 1. The first kappa shape index (κ1) is 55.0. The number of hydrogen-bond acceptors (Lipinski definition) is 12. The Morgan fingerprint density at radius 1 is 0.708 bits per heavy atom. The highest BCUT2D eigenvalue weighted by atomic mass is 28.3. The summed E-state index contributed by atoms with van der Waals surface area (Å²) in [5.74, 6) is 0.340. The molecule has 2 aliphatic heterocycles. The number of carbonyl (C=O) groups excluding carboxylic acids is 2. The number of hydrogen-bond donors (Lipinski definition) is 1. The van der Waals surface area contributed by atoms with E-state index in [-0.39, 0.29) is 12.2 Å². The molecule has 1 N–H and O–H groups in total. The molecule has 2 saturated heterocycles. The van der Waals surface area contributed by atoms with Crippen LogP contribution in [0.25, 0.3) is 44.6 Å². The van der Waals surface area contributed by atoms with Gasteiger partial charge in [0, 0.05) is 114 Å². The lowest BCUT2D eigenvalue weighted by molar-refractivity contribution is -0.0274. The third-order valence-corrected chi connectivity index (χ3v) is 15.4. The third kappa shape index (κ3) is 15.1. The van der Waals surface area contributed by atoms with Crippen molar-refractivity contribution < 1.29 is 28.5 Å². The van der Waals surface area contributed by atoms with E-state index < -0.39 is 32.9 Å². The maximum absolute atomic E-state index is 12.5. The maximum atomic E-state index is 12.5. The molecule has 0 aliphatic carbocycles. The molecule has 0 bridgehead atoms. The van der Waals surface area contributed by atoms with Gasteiger partial charge in [0.05, 0.1) is 48.6 Å². The summed E-state index contributed by atoms with van der Waals surface area (Å²) in [6, 6.07) is 14.8. The molecule has 0 spiro atoms. The van der Waals surface area contributed by atoms with E-state index in [2.05, 4.69) is 82.4 Å². The average molecular weight is 1020 g/mol. The lowest BCUT2D eigenvalue weighted by atomic mass is 9.86. The number of fused-ring (bicyclic) bond motifs is 2. The number of rotatable bonds is 15. The fraction of sp³-hybridized carbons (Fsp3) is 0.538. The Labute approximate surface area is 426 Å². The van der Waals surface area contributed by atoms with E-state index in [0.29, 0.717) is 58.4 Å². The van der Waals surface area contributed by atoms with Crippen LogP contribution in [0.4, 0.5) is 9.59 Å². The van der Waals surface area contributed by atoms with Gasteiger partial charge in [-0.1, -0.05) is 39.3 Å². The average Bonchev–Trinajstić information content (AvgIpc) is 4.10. The lowest BCUT2D eigenvalue weighted by Crippen LogP contribution is -2.64. The maximum Gasteiger partial charge on any atom is 0.410 e. The number of H-pyrrole nitrogens is 1.